The van der Waals surface area contributed by atoms with Gasteiger partial charge in [0, 0.05) is 17.5 Å². The highest BCUT2D eigenvalue weighted by Gasteiger charge is 2.15. The molecule has 1 heterocycles. The first-order valence-electron chi connectivity index (χ1n) is 7.65. The molecule has 0 unspecified atom stereocenters. The molecule has 0 saturated heterocycles. The lowest BCUT2D eigenvalue weighted by molar-refractivity contribution is 0.0947. The highest BCUT2D eigenvalue weighted by molar-refractivity contribution is 5.96. The number of ether oxygens (including phenoxy) is 2. The highest BCUT2D eigenvalue weighted by Crippen LogP contribution is 2.30. The second-order valence-corrected chi connectivity index (χ2v) is 5.32. The molecule has 3 aromatic rings. The standard InChI is InChI=1S/C19H17NO5/c1-23-16-9-5-7-13(17(16)24-2)11-20-18(21)14-10-12-6-3-4-8-15(12)25-19(14)22/h3-10H,11H2,1-2H3,(H,20,21). The number of carbonyl (C=O) groups is 1. The number of hydrogen-bond acceptors (Lipinski definition) is 5. The van der Waals surface area contributed by atoms with Crippen LogP contribution in [0.2, 0.25) is 0 Å². The summed E-state index contributed by atoms with van der Waals surface area (Å²) in [6.45, 7) is 0.186. The second-order valence-electron chi connectivity index (χ2n) is 5.32. The number of nitrogens with one attached hydrogen (secondary N) is 1. The predicted octanol–water partition coefficient (Wildman–Crippen LogP) is 2.74. The zero-order chi connectivity index (χ0) is 17.8. The molecule has 0 saturated carbocycles. The second kappa shape index (κ2) is 7.09. The summed E-state index contributed by atoms with van der Waals surface area (Å²) in [5, 5.41) is 3.40. The summed E-state index contributed by atoms with van der Waals surface area (Å²) in [4.78, 5) is 24.4. The minimum Gasteiger partial charge on any atom is -0.493 e. The monoisotopic (exact) mass is 339 g/mol. The molecule has 0 aliphatic rings. The van der Waals surface area contributed by atoms with Crippen molar-refractivity contribution < 1.29 is 18.7 Å². The van der Waals surface area contributed by atoms with E-state index in [1.807, 2.05) is 12.1 Å². The number of methoxy groups -OCH3 is 2. The van der Waals surface area contributed by atoms with E-state index in [2.05, 4.69) is 5.32 Å². The van der Waals surface area contributed by atoms with Crippen LogP contribution in [0.4, 0.5) is 0 Å². The summed E-state index contributed by atoms with van der Waals surface area (Å²) in [5.41, 5.74) is 0.466. The van der Waals surface area contributed by atoms with Gasteiger partial charge in [0.25, 0.3) is 5.91 Å². The molecular formula is C19H17NO5. The summed E-state index contributed by atoms with van der Waals surface area (Å²) < 4.78 is 15.7. The van der Waals surface area contributed by atoms with Crippen LogP contribution in [-0.4, -0.2) is 20.1 Å². The molecule has 1 aromatic heterocycles. The van der Waals surface area contributed by atoms with Crippen LogP contribution in [-0.2, 0) is 6.54 Å². The lowest BCUT2D eigenvalue weighted by Gasteiger charge is -2.13. The fraction of sp³-hybridized carbons (Fsp3) is 0.158. The summed E-state index contributed by atoms with van der Waals surface area (Å²) in [7, 11) is 3.07. The van der Waals surface area contributed by atoms with E-state index in [1.54, 1.807) is 37.4 Å². The SMILES string of the molecule is COc1cccc(CNC(=O)c2cc3ccccc3oc2=O)c1OC. The Labute approximate surface area is 144 Å². The van der Waals surface area contributed by atoms with E-state index >= 15 is 0 Å². The first kappa shape index (κ1) is 16.6. The minimum atomic E-state index is -0.672. The van der Waals surface area contributed by atoms with Crippen molar-refractivity contribution in [1.29, 1.82) is 0 Å². The van der Waals surface area contributed by atoms with Gasteiger partial charge in [-0.3, -0.25) is 4.79 Å². The minimum absolute atomic E-state index is 0.0411. The third-order valence-electron chi connectivity index (χ3n) is 3.81. The molecular weight excluding hydrogens is 322 g/mol. The van der Waals surface area contributed by atoms with Crippen LogP contribution < -0.4 is 20.4 Å². The van der Waals surface area contributed by atoms with E-state index in [-0.39, 0.29) is 12.1 Å². The van der Waals surface area contributed by atoms with E-state index in [4.69, 9.17) is 13.9 Å². The summed E-state index contributed by atoms with van der Waals surface area (Å²) in [6.07, 6.45) is 0. The van der Waals surface area contributed by atoms with Crippen LogP contribution >= 0.6 is 0 Å². The lowest BCUT2D eigenvalue weighted by atomic mass is 10.1. The molecule has 128 valence electrons. The van der Waals surface area contributed by atoms with Gasteiger partial charge in [0.2, 0.25) is 0 Å². The van der Waals surface area contributed by atoms with Gasteiger partial charge < -0.3 is 19.2 Å². The molecule has 1 amide bonds. The molecule has 0 atom stereocenters. The van der Waals surface area contributed by atoms with Crippen molar-refractivity contribution >= 4 is 16.9 Å². The number of amides is 1. The Morgan fingerprint density at radius 2 is 1.88 bits per heavy atom. The summed E-state index contributed by atoms with van der Waals surface area (Å²) in [5.74, 6) is 0.597. The fourth-order valence-electron chi connectivity index (χ4n) is 2.58. The van der Waals surface area contributed by atoms with E-state index < -0.39 is 11.5 Å². The fourth-order valence-corrected chi connectivity index (χ4v) is 2.58. The molecule has 2 aromatic carbocycles. The molecule has 0 bridgehead atoms. The average Bonchev–Trinajstić information content (AvgIpc) is 2.64. The molecule has 6 nitrogen and oxygen atoms in total. The quantitative estimate of drug-likeness (QED) is 0.723. The maximum absolute atomic E-state index is 12.4. The van der Waals surface area contributed by atoms with Gasteiger partial charge in [-0.25, -0.2) is 4.79 Å². The number of hydrogen-bond donors (Lipinski definition) is 1. The van der Waals surface area contributed by atoms with Gasteiger partial charge in [-0.05, 0) is 18.2 Å². The molecule has 0 aliphatic heterocycles. The van der Waals surface area contributed by atoms with Crippen LogP contribution in [0.5, 0.6) is 11.5 Å². The van der Waals surface area contributed by atoms with Gasteiger partial charge in [0.05, 0.1) is 14.2 Å². The van der Waals surface area contributed by atoms with Gasteiger partial charge in [-0.2, -0.15) is 0 Å². The van der Waals surface area contributed by atoms with Crippen molar-refractivity contribution in [3.63, 3.8) is 0 Å². The van der Waals surface area contributed by atoms with Crippen molar-refractivity contribution in [2.24, 2.45) is 0 Å². The van der Waals surface area contributed by atoms with Crippen molar-refractivity contribution in [1.82, 2.24) is 5.32 Å². The summed E-state index contributed by atoms with van der Waals surface area (Å²) in [6, 6.07) is 13.9. The van der Waals surface area contributed by atoms with Gasteiger partial charge in [0.15, 0.2) is 11.5 Å². The molecule has 0 fully saturated rings. The van der Waals surface area contributed by atoms with Crippen molar-refractivity contribution in [3.8, 4) is 11.5 Å². The van der Waals surface area contributed by atoms with E-state index in [9.17, 15) is 9.59 Å². The van der Waals surface area contributed by atoms with Crippen LogP contribution in [0, 0.1) is 0 Å². The molecule has 1 N–H and O–H groups in total. The predicted molar refractivity (Wildman–Crippen MR) is 93.2 cm³/mol. The first-order valence-corrected chi connectivity index (χ1v) is 7.65. The molecule has 25 heavy (non-hydrogen) atoms. The Morgan fingerprint density at radius 1 is 1.08 bits per heavy atom. The molecule has 0 spiro atoms. The maximum Gasteiger partial charge on any atom is 0.349 e. The van der Waals surface area contributed by atoms with Crippen LogP contribution in [0.15, 0.2) is 57.7 Å². The summed E-state index contributed by atoms with van der Waals surface area (Å²) >= 11 is 0. The lowest BCUT2D eigenvalue weighted by Crippen LogP contribution is -2.28. The third-order valence-corrected chi connectivity index (χ3v) is 3.81. The van der Waals surface area contributed by atoms with Gasteiger partial charge in [0.1, 0.15) is 11.1 Å². The number of para-hydroxylation sites is 2. The number of fused-ring (bicyclic) bond motifs is 1. The average molecular weight is 339 g/mol. The number of carbonyl (C=O) groups excluding carboxylic acids is 1. The maximum atomic E-state index is 12.4. The van der Waals surface area contributed by atoms with E-state index in [0.29, 0.717) is 22.5 Å². The van der Waals surface area contributed by atoms with Crippen LogP contribution in [0.25, 0.3) is 11.0 Å². The Bertz CT molecular complexity index is 977. The van der Waals surface area contributed by atoms with Gasteiger partial charge >= 0.3 is 5.63 Å². The van der Waals surface area contributed by atoms with Crippen LogP contribution in [0.3, 0.4) is 0 Å². The topological polar surface area (TPSA) is 77.8 Å². The Hall–Kier alpha value is -3.28. The van der Waals surface area contributed by atoms with Crippen molar-refractivity contribution in [2.75, 3.05) is 14.2 Å². The van der Waals surface area contributed by atoms with Gasteiger partial charge in [-0.15, -0.1) is 0 Å². The van der Waals surface area contributed by atoms with Crippen molar-refractivity contribution in [2.45, 2.75) is 6.54 Å². The molecule has 6 heteroatoms. The van der Waals surface area contributed by atoms with E-state index in [0.717, 1.165) is 5.56 Å². The van der Waals surface area contributed by atoms with Crippen LogP contribution in [0.1, 0.15) is 15.9 Å². The zero-order valence-electron chi connectivity index (χ0n) is 13.9. The Kier molecular flexibility index (Phi) is 4.70. The number of benzene rings is 2. The Morgan fingerprint density at radius 3 is 2.64 bits per heavy atom. The van der Waals surface area contributed by atoms with Crippen molar-refractivity contribution in [3.05, 3.63) is 70.1 Å². The largest absolute Gasteiger partial charge is 0.493 e. The highest BCUT2D eigenvalue weighted by atomic mass is 16.5. The first-order chi connectivity index (χ1) is 12.1. The smallest absolute Gasteiger partial charge is 0.349 e. The normalized spacial score (nSPS) is 10.5. The molecule has 0 aliphatic carbocycles. The molecule has 0 radical (unpaired) electrons. The zero-order valence-corrected chi connectivity index (χ0v) is 13.9. The molecule has 3 rings (SSSR count). The Balaban J connectivity index is 1.84. The number of rotatable bonds is 5. The van der Waals surface area contributed by atoms with Gasteiger partial charge in [-0.1, -0.05) is 30.3 Å². The third kappa shape index (κ3) is 3.33. The van der Waals surface area contributed by atoms with E-state index in [1.165, 1.54) is 13.2 Å².